The predicted molar refractivity (Wildman–Crippen MR) is 87.8 cm³/mol. The smallest absolute Gasteiger partial charge is 0.0468 e. The fourth-order valence-corrected chi connectivity index (χ4v) is 2.84. The molecule has 0 saturated heterocycles. The highest BCUT2D eigenvalue weighted by atomic mass is 35.5. The Bertz CT molecular complexity index is 581. The molecule has 1 nitrogen and oxygen atoms in total. The Hall–Kier alpha value is -1.02. The molecule has 0 aliphatic rings. The van der Waals surface area contributed by atoms with Crippen LogP contribution in [-0.4, -0.2) is 6.54 Å². The van der Waals surface area contributed by atoms with E-state index in [1.54, 1.807) is 6.07 Å². The van der Waals surface area contributed by atoms with Crippen LogP contribution in [0.1, 0.15) is 29.7 Å². The average molecular weight is 308 g/mol. The molecule has 0 saturated carbocycles. The van der Waals surface area contributed by atoms with Gasteiger partial charge in [-0.3, -0.25) is 0 Å². The van der Waals surface area contributed by atoms with Gasteiger partial charge in [0, 0.05) is 16.1 Å². The molecule has 1 atom stereocenters. The van der Waals surface area contributed by atoms with E-state index in [0.29, 0.717) is 10.0 Å². The van der Waals surface area contributed by atoms with Crippen LogP contribution in [0.2, 0.25) is 10.0 Å². The Morgan fingerprint density at radius 2 is 1.90 bits per heavy atom. The molecule has 0 aliphatic heterocycles. The molecule has 0 heterocycles. The summed E-state index contributed by atoms with van der Waals surface area (Å²) < 4.78 is 0. The van der Waals surface area contributed by atoms with Crippen LogP contribution >= 0.6 is 23.2 Å². The fourth-order valence-electron chi connectivity index (χ4n) is 2.26. The van der Waals surface area contributed by atoms with Crippen LogP contribution in [0.5, 0.6) is 0 Å². The summed E-state index contributed by atoms with van der Waals surface area (Å²) >= 11 is 12.1. The minimum Gasteiger partial charge on any atom is -0.310 e. The quantitative estimate of drug-likeness (QED) is 0.801. The Balaban J connectivity index is 1.90. The third kappa shape index (κ3) is 4.24. The lowest BCUT2D eigenvalue weighted by atomic mass is 10.1. The van der Waals surface area contributed by atoms with Crippen molar-refractivity contribution in [1.29, 1.82) is 0 Å². The van der Waals surface area contributed by atoms with Crippen molar-refractivity contribution in [2.75, 3.05) is 6.54 Å². The van der Waals surface area contributed by atoms with Gasteiger partial charge in [0.2, 0.25) is 0 Å². The SMILES string of the molecule is Cc1cccc(CCNC(C)c2ccc(Cl)cc2Cl)c1. The maximum Gasteiger partial charge on any atom is 0.0468 e. The second-order valence-corrected chi connectivity index (χ2v) is 5.92. The van der Waals surface area contributed by atoms with E-state index in [1.165, 1.54) is 11.1 Å². The molecule has 20 heavy (non-hydrogen) atoms. The van der Waals surface area contributed by atoms with Crippen LogP contribution in [0.4, 0.5) is 0 Å². The van der Waals surface area contributed by atoms with E-state index >= 15 is 0 Å². The number of benzene rings is 2. The van der Waals surface area contributed by atoms with Crippen LogP contribution < -0.4 is 5.32 Å². The van der Waals surface area contributed by atoms with Crippen LogP contribution in [0, 0.1) is 6.92 Å². The standard InChI is InChI=1S/C17H19Cl2N/c1-12-4-3-5-14(10-12)8-9-20-13(2)16-7-6-15(18)11-17(16)19/h3-7,10-11,13,20H,8-9H2,1-2H3. The largest absolute Gasteiger partial charge is 0.310 e. The first-order valence-corrected chi connectivity index (χ1v) is 7.56. The third-order valence-electron chi connectivity index (χ3n) is 3.38. The molecule has 0 aromatic heterocycles. The second kappa shape index (κ2) is 7.12. The van der Waals surface area contributed by atoms with E-state index in [4.69, 9.17) is 23.2 Å². The van der Waals surface area contributed by atoms with Gasteiger partial charge in [-0.25, -0.2) is 0 Å². The van der Waals surface area contributed by atoms with Crippen molar-refractivity contribution in [2.45, 2.75) is 26.3 Å². The summed E-state index contributed by atoms with van der Waals surface area (Å²) in [5, 5.41) is 4.89. The zero-order valence-electron chi connectivity index (χ0n) is 11.8. The molecule has 0 bridgehead atoms. The van der Waals surface area contributed by atoms with Gasteiger partial charge in [-0.15, -0.1) is 0 Å². The minimum atomic E-state index is 0.213. The van der Waals surface area contributed by atoms with Gasteiger partial charge in [0.25, 0.3) is 0 Å². The Morgan fingerprint density at radius 3 is 2.60 bits per heavy atom. The van der Waals surface area contributed by atoms with Gasteiger partial charge in [0.15, 0.2) is 0 Å². The number of hydrogen-bond donors (Lipinski definition) is 1. The van der Waals surface area contributed by atoms with Crippen LogP contribution in [0.15, 0.2) is 42.5 Å². The molecule has 2 aromatic carbocycles. The third-order valence-corrected chi connectivity index (χ3v) is 3.94. The molecule has 0 radical (unpaired) electrons. The summed E-state index contributed by atoms with van der Waals surface area (Å²) in [6.07, 6.45) is 1.01. The highest BCUT2D eigenvalue weighted by Crippen LogP contribution is 2.25. The van der Waals surface area contributed by atoms with Crippen molar-refractivity contribution in [1.82, 2.24) is 5.32 Å². The fraction of sp³-hybridized carbons (Fsp3) is 0.294. The topological polar surface area (TPSA) is 12.0 Å². The number of rotatable bonds is 5. The molecule has 1 unspecified atom stereocenters. The van der Waals surface area contributed by atoms with E-state index in [2.05, 4.69) is 43.4 Å². The first-order valence-electron chi connectivity index (χ1n) is 6.80. The summed E-state index contributed by atoms with van der Waals surface area (Å²) in [5.41, 5.74) is 3.74. The van der Waals surface area contributed by atoms with E-state index in [-0.39, 0.29) is 6.04 Å². The van der Waals surface area contributed by atoms with Gasteiger partial charge in [0.05, 0.1) is 0 Å². The molecular weight excluding hydrogens is 289 g/mol. The zero-order chi connectivity index (χ0) is 14.5. The molecule has 0 fully saturated rings. The molecule has 1 N–H and O–H groups in total. The van der Waals surface area contributed by atoms with Crippen molar-refractivity contribution in [2.24, 2.45) is 0 Å². The van der Waals surface area contributed by atoms with Crippen molar-refractivity contribution in [3.8, 4) is 0 Å². The normalized spacial score (nSPS) is 12.4. The first-order chi connectivity index (χ1) is 9.56. The second-order valence-electron chi connectivity index (χ2n) is 5.08. The highest BCUT2D eigenvalue weighted by Gasteiger charge is 2.09. The lowest BCUT2D eigenvalue weighted by Crippen LogP contribution is -2.21. The highest BCUT2D eigenvalue weighted by molar-refractivity contribution is 6.35. The van der Waals surface area contributed by atoms with E-state index in [1.807, 2.05) is 12.1 Å². The summed E-state index contributed by atoms with van der Waals surface area (Å²) in [6, 6.07) is 14.5. The maximum absolute atomic E-state index is 6.22. The van der Waals surface area contributed by atoms with Crippen molar-refractivity contribution in [3.05, 3.63) is 69.2 Å². The molecule has 0 spiro atoms. The number of halogens is 2. The Kier molecular flexibility index (Phi) is 5.47. The average Bonchev–Trinajstić information content (AvgIpc) is 2.38. The zero-order valence-corrected chi connectivity index (χ0v) is 13.3. The summed E-state index contributed by atoms with van der Waals surface area (Å²) in [6.45, 7) is 5.15. The lowest BCUT2D eigenvalue weighted by Gasteiger charge is -2.16. The molecule has 2 rings (SSSR count). The molecule has 0 amide bonds. The van der Waals surface area contributed by atoms with Gasteiger partial charge < -0.3 is 5.32 Å². The maximum atomic E-state index is 6.22. The lowest BCUT2D eigenvalue weighted by molar-refractivity contribution is 0.577. The van der Waals surface area contributed by atoms with Crippen LogP contribution in [0.25, 0.3) is 0 Å². The summed E-state index contributed by atoms with van der Waals surface area (Å²) in [5.74, 6) is 0. The van der Waals surface area contributed by atoms with Gasteiger partial charge >= 0.3 is 0 Å². The Morgan fingerprint density at radius 1 is 1.10 bits per heavy atom. The van der Waals surface area contributed by atoms with Gasteiger partial charge in [0.1, 0.15) is 0 Å². The summed E-state index contributed by atoms with van der Waals surface area (Å²) in [7, 11) is 0. The molecule has 106 valence electrons. The van der Waals surface area contributed by atoms with E-state index in [0.717, 1.165) is 18.5 Å². The minimum absolute atomic E-state index is 0.213. The van der Waals surface area contributed by atoms with Crippen LogP contribution in [-0.2, 0) is 6.42 Å². The van der Waals surface area contributed by atoms with Gasteiger partial charge in [-0.1, -0.05) is 59.1 Å². The van der Waals surface area contributed by atoms with Crippen molar-refractivity contribution < 1.29 is 0 Å². The van der Waals surface area contributed by atoms with Gasteiger partial charge in [-0.05, 0) is 50.1 Å². The van der Waals surface area contributed by atoms with Crippen molar-refractivity contribution >= 4 is 23.2 Å². The Labute approximate surface area is 130 Å². The monoisotopic (exact) mass is 307 g/mol. The van der Waals surface area contributed by atoms with E-state index < -0.39 is 0 Å². The molecule has 3 heteroatoms. The van der Waals surface area contributed by atoms with Crippen molar-refractivity contribution in [3.63, 3.8) is 0 Å². The summed E-state index contributed by atoms with van der Waals surface area (Å²) in [4.78, 5) is 0. The predicted octanol–water partition coefficient (Wildman–Crippen LogP) is 5.20. The molecule has 2 aromatic rings. The van der Waals surface area contributed by atoms with E-state index in [9.17, 15) is 0 Å². The van der Waals surface area contributed by atoms with Gasteiger partial charge in [-0.2, -0.15) is 0 Å². The molecule has 0 aliphatic carbocycles. The first kappa shape index (κ1) is 15.4. The van der Waals surface area contributed by atoms with Crippen LogP contribution in [0.3, 0.4) is 0 Å². The number of hydrogen-bond acceptors (Lipinski definition) is 1. The molecular formula is C17H19Cl2N. The number of aryl methyl sites for hydroxylation is 1. The number of nitrogens with one attached hydrogen (secondary N) is 1.